The molecule has 0 aliphatic carbocycles. The van der Waals surface area contributed by atoms with E-state index in [1.54, 1.807) is 4.90 Å². The molecule has 0 saturated carbocycles. The standard InChI is InChI=1S/C11H19NO3/c1-3-8(2)10(11(14)15)12-7-5-4-6-9(12)13/h8,10H,3-7H2,1-2H3,(H,14,15). The van der Waals surface area contributed by atoms with E-state index in [9.17, 15) is 9.59 Å². The molecule has 0 aromatic rings. The van der Waals surface area contributed by atoms with Gasteiger partial charge in [-0.05, 0) is 18.8 Å². The fraction of sp³-hybridized carbons (Fsp3) is 0.818. The van der Waals surface area contributed by atoms with E-state index in [4.69, 9.17) is 5.11 Å². The Morgan fingerprint density at radius 3 is 2.67 bits per heavy atom. The molecule has 15 heavy (non-hydrogen) atoms. The molecular weight excluding hydrogens is 194 g/mol. The SMILES string of the molecule is CCC(C)C(C(=O)O)N1CCCCC1=O. The number of hydrogen-bond acceptors (Lipinski definition) is 2. The number of carbonyl (C=O) groups excluding carboxylic acids is 1. The summed E-state index contributed by atoms with van der Waals surface area (Å²) in [4.78, 5) is 24.3. The van der Waals surface area contributed by atoms with E-state index < -0.39 is 12.0 Å². The average Bonchev–Trinajstić information content (AvgIpc) is 2.20. The average molecular weight is 213 g/mol. The van der Waals surface area contributed by atoms with Gasteiger partial charge >= 0.3 is 5.97 Å². The van der Waals surface area contributed by atoms with Crippen LogP contribution in [0.3, 0.4) is 0 Å². The van der Waals surface area contributed by atoms with Gasteiger partial charge in [0.25, 0.3) is 0 Å². The molecule has 2 atom stereocenters. The summed E-state index contributed by atoms with van der Waals surface area (Å²) in [6.07, 6.45) is 3.09. The summed E-state index contributed by atoms with van der Waals surface area (Å²) in [6, 6.07) is -0.636. The van der Waals surface area contributed by atoms with Gasteiger partial charge in [0.1, 0.15) is 6.04 Å². The Bertz CT molecular complexity index is 252. The van der Waals surface area contributed by atoms with E-state index in [2.05, 4.69) is 0 Å². The molecule has 0 radical (unpaired) electrons. The number of piperidine rings is 1. The molecule has 0 spiro atoms. The molecule has 1 saturated heterocycles. The van der Waals surface area contributed by atoms with Crippen LogP contribution in [0.25, 0.3) is 0 Å². The smallest absolute Gasteiger partial charge is 0.326 e. The Morgan fingerprint density at radius 2 is 2.20 bits per heavy atom. The van der Waals surface area contributed by atoms with Gasteiger partial charge in [-0.1, -0.05) is 20.3 Å². The van der Waals surface area contributed by atoms with Gasteiger partial charge in [-0.15, -0.1) is 0 Å². The largest absolute Gasteiger partial charge is 0.480 e. The quantitative estimate of drug-likeness (QED) is 0.769. The van der Waals surface area contributed by atoms with Gasteiger partial charge in [0.15, 0.2) is 0 Å². The van der Waals surface area contributed by atoms with Crippen molar-refractivity contribution >= 4 is 11.9 Å². The number of carbonyl (C=O) groups is 2. The fourth-order valence-electron chi connectivity index (χ4n) is 2.03. The van der Waals surface area contributed by atoms with Crippen LogP contribution in [-0.4, -0.2) is 34.5 Å². The number of hydrogen-bond donors (Lipinski definition) is 1. The predicted octanol–water partition coefficient (Wildman–Crippen LogP) is 1.50. The Morgan fingerprint density at radius 1 is 1.53 bits per heavy atom. The molecule has 4 nitrogen and oxygen atoms in total. The Balaban J connectivity index is 2.78. The first kappa shape index (κ1) is 12.0. The number of carboxylic acid groups (broad SMARTS) is 1. The van der Waals surface area contributed by atoms with Crippen LogP contribution in [0.15, 0.2) is 0 Å². The van der Waals surface area contributed by atoms with Crippen molar-refractivity contribution in [3.8, 4) is 0 Å². The molecule has 0 aromatic carbocycles. The van der Waals surface area contributed by atoms with Crippen molar-refractivity contribution in [1.82, 2.24) is 4.90 Å². The van der Waals surface area contributed by atoms with Gasteiger partial charge in [-0.2, -0.15) is 0 Å². The molecule has 1 aliphatic heterocycles. The maximum Gasteiger partial charge on any atom is 0.326 e. The summed E-state index contributed by atoms with van der Waals surface area (Å²) < 4.78 is 0. The highest BCUT2D eigenvalue weighted by atomic mass is 16.4. The first-order valence-electron chi connectivity index (χ1n) is 5.60. The van der Waals surface area contributed by atoms with Gasteiger partial charge in [0, 0.05) is 13.0 Å². The van der Waals surface area contributed by atoms with Crippen LogP contribution in [0.4, 0.5) is 0 Å². The summed E-state index contributed by atoms with van der Waals surface area (Å²) >= 11 is 0. The first-order chi connectivity index (χ1) is 7.07. The van der Waals surface area contributed by atoms with Crippen LogP contribution in [-0.2, 0) is 9.59 Å². The monoisotopic (exact) mass is 213 g/mol. The number of rotatable bonds is 4. The van der Waals surface area contributed by atoms with E-state index in [0.29, 0.717) is 13.0 Å². The molecule has 4 heteroatoms. The molecule has 1 aliphatic rings. The lowest BCUT2D eigenvalue weighted by atomic mass is 9.95. The summed E-state index contributed by atoms with van der Waals surface area (Å²) in [5, 5.41) is 9.15. The van der Waals surface area contributed by atoms with Gasteiger partial charge in [-0.3, -0.25) is 4.79 Å². The van der Waals surface area contributed by atoms with E-state index in [1.165, 1.54) is 0 Å². The number of likely N-dealkylation sites (tertiary alicyclic amines) is 1. The van der Waals surface area contributed by atoms with Gasteiger partial charge < -0.3 is 10.0 Å². The first-order valence-corrected chi connectivity index (χ1v) is 5.60. The number of nitrogens with zero attached hydrogens (tertiary/aromatic N) is 1. The van der Waals surface area contributed by atoms with Crippen LogP contribution < -0.4 is 0 Å². The topological polar surface area (TPSA) is 57.6 Å². The zero-order valence-electron chi connectivity index (χ0n) is 9.40. The third-order valence-corrected chi connectivity index (χ3v) is 3.13. The highest BCUT2D eigenvalue weighted by molar-refractivity contribution is 5.84. The normalized spacial score (nSPS) is 21.2. The Kier molecular flexibility index (Phi) is 4.12. The summed E-state index contributed by atoms with van der Waals surface area (Å²) in [5.41, 5.74) is 0. The summed E-state index contributed by atoms with van der Waals surface area (Å²) in [7, 11) is 0. The Hall–Kier alpha value is -1.06. The van der Waals surface area contributed by atoms with E-state index >= 15 is 0 Å². The van der Waals surface area contributed by atoms with Crippen LogP contribution in [0.1, 0.15) is 39.5 Å². The third kappa shape index (κ3) is 2.70. The minimum absolute atomic E-state index is 0.00560. The number of amides is 1. The fourth-order valence-corrected chi connectivity index (χ4v) is 2.03. The second-order valence-electron chi connectivity index (χ2n) is 4.21. The second-order valence-corrected chi connectivity index (χ2v) is 4.21. The van der Waals surface area contributed by atoms with Crippen molar-refractivity contribution in [3.05, 3.63) is 0 Å². The molecule has 1 heterocycles. The lowest BCUT2D eigenvalue weighted by Crippen LogP contribution is -2.50. The van der Waals surface area contributed by atoms with Crippen LogP contribution in [0, 0.1) is 5.92 Å². The van der Waals surface area contributed by atoms with Crippen LogP contribution >= 0.6 is 0 Å². The summed E-state index contributed by atoms with van der Waals surface area (Å²) in [5.74, 6) is -0.863. The predicted molar refractivity (Wildman–Crippen MR) is 56.4 cm³/mol. The van der Waals surface area contributed by atoms with Crippen molar-refractivity contribution in [2.75, 3.05) is 6.54 Å². The molecule has 1 rings (SSSR count). The number of carboxylic acids is 1. The maximum atomic E-state index is 11.6. The molecule has 0 aromatic heterocycles. The molecule has 1 amide bonds. The van der Waals surface area contributed by atoms with Gasteiger partial charge in [0.2, 0.25) is 5.91 Å². The van der Waals surface area contributed by atoms with E-state index in [0.717, 1.165) is 19.3 Å². The van der Waals surface area contributed by atoms with Gasteiger partial charge in [-0.25, -0.2) is 4.79 Å². The number of aliphatic carboxylic acids is 1. The molecule has 86 valence electrons. The van der Waals surface area contributed by atoms with Crippen molar-refractivity contribution < 1.29 is 14.7 Å². The van der Waals surface area contributed by atoms with Crippen LogP contribution in [0.5, 0.6) is 0 Å². The van der Waals surface area contributed by atoms with Crippen molar-refractivity contribution in [1.29, 1.82) is 0 Å². The van der Waals surface area contributed by atoms with E-state index in [1.807, 2.05) is 13.8 Å². The van der Waals surface area contributed by atoms with Crippen LogP contribution in [0.2, 0.25) is 0 Å². The lowest BCUT2D eigenvalue weighted by Gasteiger charge is -2.35. The molecule has 0 bridgehead atoms. The van der Waals surface area contributed by atoms with Crippen molar-refractivity contribution in [2.45, 2.75) is 45.6 Å². The second kappa shape index (κ2) is 5.14. The third-order valence-electron chi connectivity index (χ3n) is 3.13. The van der Waals surface area contributed by atoms with Gasteiger partial charge in [0.05, 0.1) is 0 Å². The molecule has 1 N–H and O–H groups in total. The molecule has 2 unspecified atom stereocenters. The van der Waals surface area contributed by atoms with E-state index in [-0.39, 0.29) is 11.8 Å². The molecular formula is C11H19NO3. The highest BCUT2D eigenvalue weighted by Gasteiger charge is 2.34. The minimum Gasteiger partial charge on any atom is -0.480 e. The zero-order valence-corrected chi connectivity index (χ0v) is 9.40. The summed E-state index contributed by atoms with van der Waals surface area (Å²) in [6.45, 7) is 4.44. The maximum absolute atomic E-state index is 11.6. The zero-order chi connectivity index (χ0) is 11.4. The Labute approximate surface area is 90.3 Å². The lowest BCUT2D eigenvalue weighted by molar-refractivity contribution is -0.154. The van der Waals surface area contributed by atoms with Crippen molar-refractivity contribution in [3.63, 3.8) is 0 Å². The molecule has 1 fully saturated rings. The van der Waals surface area contributed by atoms with Crippen molar-refractivity contribution in [2.24, 2.45) is 5.92 Å². The minimum atomic E-state index is -0.875. The highest BCUT2D eigenvalue weighted by Crippen LogP contribution is 2.20.